The van der Waals surface area contributed by atoms with E-state index in [0.717, 1.165) is 22.3 Å². The molecular formula is C42H49N3O9. The highest BCUT2D eigenvalue weighted by Gasteiger charge is 2.50. The molecular weight excluding hydrogens is 690 g/mol. The Kier molecular flexibility index (Phi) is 14.6. The maximum absolute atomic E-state index is 10.1. The molecule has 2 fully saturated rings. The van der Waals surface area contributed by atoms with Gasteiger partial charge in [0.15, 0.2) is 12.1 Å². The van der Waals surface area contributed by atoms with Gasteiger partial charge in [0.05, 0.1) is 52.3 Å². The van der Waals surface area contributed by atoms with Crippen LogP contribution in [0.25, 0.3) is 10.4 Å². The fraction of sp³-hybridized carbons (Fsp3) is 0.429. The van der Waals surface area contributed by atoms with Gasteiger partial charge >= 0.3 is 0 Å². The lowest BCUT2D eigenvalue weighted by molar-refractivity contribution is -0.329. The zero-order valence-electron chi connectivity index (χ0n) is 30.7. The van der Waals surface area contributed by atoms with Crippen molar-refractivity contribution in [1.29, 1.82) is 0 Å². The van der Waals surface area contributed by atoms with Gasteiger partial charge in [-0.2, -0.15) is 0 Å². The summed E-state index contributed by atoms with van der Waals surface area (Å²) in [7, 11) is 0. The Hall–Kier alpha value is -4.17. The number of nitrogens with zero attached hydrogens (tertiary/aromatic N) is 3. The monoisotopic (exact) mass is 739 g/mol. The second-order valence-electron chi connectivity index (χ2n) is 13.8. The molecule has 0 aromatic heterocycles. The van der Waals surface area contributed by atoms with E-state index >= 15 is 0 Å². The van der Waals surface area contributed by atoms with Crippen molar-refractivity contribution in [2.45, 2.75) is 95.0 Å². The first-order valence-corrected chi connectivity index (χ1v) is 18.3. The molecule has 2 heterocycles. The highest BCUT2D eigenvalue weighted by Crippen LogP contribution is 2.34. The number of azide groups is 1. The summed E-state index contributed by atoms with van der Waals surface area (Å²) in [6.45, 7) is 4.35. The SMILES string of the molecule is CC1(C)O[C@@H]([C@H](CO[C@H]2O[C@H](COCc3ccccc3)[C@H](OCc3ccccc3)[C@H](OCc3ccccc3)[C@H]2OCc2ccccc2)N=[N+]=[N-])[C@@H](CO)O1. The van der Waals surface area contributed by atoms with E-state index in [0.29, 0.717) is 13.2 Å². The van der Waals surface area contributed by atoms with Crippen molar-refractivity contribution < 1.29 is 43.0 Å². The van der Waals surface area contributed by atoms with Gasteiger partial charge in [0.1, 0.15) is 36.6 Å². The minimum Gasteiger partial charge on any atom is -0.394 e. The quantitative estimate of drug-likeness (QED) is 0.0618. The third-order valence-electron chi connectivity index (χ3n) is 9.25. The van der Waals surface area contributed by atoms with Crippen molar-refractivity contribution in [3.8, 4) is 0 Å². The van der Waals surface area contributed by atoms with Gasteiger partial charge in [-0.05, 0) is 41.6 Å². The molecule has 4 aromatic rings. The predicted molar refractivity (Wildman–Crippen MR) is 200 cm³/mol. The van der Waals surface area contributed by atoms with Crippen LogP contribution in [0.4, 0.5) is 0 Å². The van der Waals surface area contributed by atoms with Gasteiger partial charge in [0.2, 0.25) is 0 Å². The minimum absolute atomic E-state index is 0.126. The Labute approximate surface area is 316 Å². The van der Waals surface area contributed by atoms with Crippen molar-refractivity contribution in [3.05, 3.63) is 154 Å². The second-order valence-corrected chi connectivity index (χ2v) is 13.8. The van der Waals surface area contributed by atoms with Crippen molar-refractivity contribution in [1.82, 2.24) is 0 Å². The van der Waals surface area contributed by atoms with E-state index in [4.69, 9.17) is 37.9 Å². The molecule has 286 valence electrons. The Balaban J connectivity index is 1.31. The number of aliphatic hydroxyl groups excluding tert-OH is 1. The molecule has 12 nitrogen and oxygen atoms in total. The lowest BCUT2D eigenvalue weighted by Gasteiger charge is -2.46. The molecule has 1 N–H and O–H groups in total. The van der Waals surface area contributed by atoms with Crippen LogP contribution >= 0.6 is 0 Å². The van der Waals surface area contributed by atoms with Crippen LogP contribution in [0.5, 0.6) is 0 Å². The molecule has 2 aliphatic rings. The van der Waals surface area contributed by atoms with Gasteiger partial charge in [0, 0.05) is 4.91 Å². The van der Waals surface area contributed by atoms with Crippen molar-refractivity contribution in [2.24, 2.45) is 5.11 Å². The molecule has 4 aromatic carbocycles. The van der Waals surface area contributed by atoms with Crippen molar-refractivity contribution >= 4 is 0 Å². The van der Waals surface area contributed by atoms with E-state index in [1.807, 2.05) is 121 Å². The molecule has 2 saturated heterocycles. The third kappa shape index (κ3) is 11.2. The summed E-state index contributed by atoms with van der Waals surface area (Å²) in [6.07, 6.45) is -5.33. The van der Waals surface area contributed by atoms with Gasteiger partial charge in [-0.15, -0.1) is 0 Å². The molecule has 0 spiro atoms. The predicted octanol–water partition coefficient (Wildman–Crippen LogP) is 6.89. The summed E-state index contributed by atoms with van der Waals surface area (Å²) in [5, 5.41) is 14.1. The normalized spacial score (nSPS) is 25.5. The zero-order chi connectivity index (χ0) is 37.6. The zero-order valence-corrected chi connectivity index (χ0v) is 30.7. The first kappa shape index (κ1) is 39.5. The summed E-state index contributed by atoms with van der Waals surface area (Å²) >= 11 is 0. The summed E-state index contributed by atoms with van der Waals surface area (Å²) in [5.74, 6) is -0.995. The van der Waals surface area contributed by atoms with Crippen LogP contribution < -0.4 is 0 Å². The van der Waals surface area contributed by atoms with Gasteiger partial charge in [0.25, 0.3) is 0 Å². The lowest BCUT2D eigenvalue weighted by atomic mass is 9.97. The number of ether oxygens (including phenoxy) is 8. The first-order chi connectivity index (χ1) is 26.4. The van der Waals surface area contributed by atoms with Crippen LogP contribution in [0.3, 0.4) is 0 Å². The van der Waals surface area contributed by atoms with Crippen LogP contribution in [0, 0.1) is 0 Å². The van der Waals surface area contributed by atoms with E-state index < -0.39 is 54.7 Å². The molecule has 8 atom stereocenters. The first-order valence-electron chi connectivity index (χ1n) is 18.3. The molecule has 0 amide bonds. The van der Waals surface area contributed by atoms with E-state index in [1.165, 1.54) is 0 Å². The summed E-state index contributed by atoms with van der Waals surface area (Å²) < 4.78 is 51.7. The standard InChI is InChI=1S/C42H49N3O9/c1-42(2)53-35(23-46)37(54-42)34(44-45-43)28-51-41-40(50-27-33-21-13-6-14-22-33)39(49-26-32-19-11-5-12-20-32)38(48-25-31-17-9-4-10-18-31)36(52-41)29-47-24-30-15-7-3-8-16-30/h3-22,34-41,46H,23-29H2,1-2H3/t34-,35+,36+,37-,38-,39-,40+,41-/m0/s1. The highest BCUT2D eigenvalue weighted by molar-refractivity contribution is 5.16. The van der Waals surface area contributed by atoms with Crippen molar-refractivity contribution in [2.75, 3.05) is 19.8 Å². The summed E-state index contributed by atoms with van der Waals surface area (Å²) in [4.78, 5) is 3.07. The maximum Gasteiger partial charge on any atom is 0.186 e. The van der Waals surface area contributed by atoms with Crippen molar-refractivity contribution in [3.63, 3.8) is 0 Å². The Morgan fingerprint density at radius 3 is 1.63 bits per heavy atom. The van der Waals surface area contributed by atoms with E-state index in [1.54, 1.807) is 13.8 Å². The van der Waals surface area contributed by atoms with E-state index in [2.05, 4.69) is 10.0 Å². The van der Waals surface area contributed by atoms with Gasteiger partial charge in [-0.25, -0.2) is 0 Å². The topological polar surface area (TPSA) is 143 Å². The van der Waals surface area contributed by atoms with E-state index in [-0.39, 0.29) is 33.0 Å². The molecule has 0 aliphatic carbocycles. The number of benzene rings is 4. The molecule has 2 aliphatic heterocycles. The molecule has 6 rings (SSSR count). The second kappa shape index (κ2) is 19.9. The average Bonchev–Trinajstić information content (AvgIpc) is 3.53. The molecule has 0 saturated carbocycles. The average molecular weight is 740 g/mol. The van der Waals surface area contributed by atoms with Gasteiger partial charge in [-0.3, -0.25) is 0 Å². The van der Waals surface area contributed by atoms with Gasteiger partial charge in [-0.1, -0.05) is 126 Å². The van der Waals surface area contributed by atoms with Crippen LogP contribution in [0.15, 0.2) is 126 Å². The van der Waals surface area contributed by atoms with E-state index in [9.17, 15) is 10.6 Å². The minimum atomic E-state index is -1.02. The molecule has 0 bridgehead atoms. The highest BCUT2D eigenvalue weighted by atomic mass is 16.8. The Morgan fingerprint density at radius 2 is 1.13 bits per heavy atom. The molecule has 0 unspecified atom stereocenters. The number of hydrogen-bond acceptors (Lipinski definition) is 10. The number of aliphatic hydroxyl groups is 1. The van der Waals surface area contributed by atoms with Crippen LogP contribution in [0.1, 0.15) is 36.1 Å². The number of hydrogen-bond donors (Lipinski definition) is 1. The van der Waals surface area contributed by atoms with Crippen LogP contribution in [-0.2, 0) is 64.3 Å². The maximum atomic E-state index is 10.1. The Bertz CT molecular complexity index is 1710. The number of rotatable bonds is 19. The van der Waals surface area contributed by atoms with Gasteiger partial charge < -0.3 is 43.0 Å². The largest absolute Gasteiger partial charge is 0.394 e. The molecule has 12 heteroatoms. The fourth-order valence-corrected chi connectivity index (χ4v) is 6.67. The Morgan fingerprint density at radius 1 is 0.648 bits per heavy atom. The molecule has 0 radical (unpaired) electrons. The summed E-state index contributed by atoms with van der Waals surface area (Å²) in [6, 6.07) is 38.7. The smallest absolute Gasteiger partial charge is 0.186 e. The fourth-order valence-electron chi connectivity index (χ4n) is 6.67. The third-order valence-corrected chi connectivity index (χ3v) is 9.25. The van der Waals surface area contributed by atoms with Crippen LogP contribution in [0.2, 0.25) is 0 Å². The lowest BCUT2D eigenvalue weighted by Crippen LogP contribution is -2.62. The van der Waals surface area contributed by atoms with Crippen LogP contribution in [-0.4, -0.2) is 79.7 Å². The summed E-state index contributed by atoms with van der Waals surface area (Å²) in [5.41, 5.74) is 13.5. The molecule has 54 heavy (non-hydrogen) atoms.